The summed E-state index contributed by atoms with van der Waals surface area (Å²) >= 11 is 0. The number of hydrogen-bond acceptors (Lipinski definition) is 2. The summed E-state index contributed by atoms with van der Waals surface area (Å²) in [6.07, 6.45) is 0.808. The Labute approximate surface area is 145 Å². The molecule has 0 aliphatic rings. The van der Waals surface area contributed by atoms with E-state index in [0.29, 0.717) is 12.2 Å². The van der Waals surface area contributed by atoms with Gasteiger partial charge in [-0.3, -0.25) is 4.79 Å². The van der Waals surface area contributed by atoms with Crippen LogP contribution in [0.25, 0.3) is 21.8 Å². The zero-order chi connectivity index (χ0) is 17.2. The molecule has 2 heterocycles. The Kier molecular flexibility index (Phi) is 3.94. The van der Waals surface area contributed by atoms with Crippen LogP contribution in [0.3, 0.4) is 0 Å². The van der Waals surface area contributed by atoms with E-state index in [4.69, 9.17) is 0 Å². The minimum atomic E-state index is -0.132. The molecule has 0 radical (unpaired) electrons. The predicted molar refractivity (Wildman–Crippen MR) is 101 cm³/mol. The van der Waals surface area contributed by atoms with E-state index in [9.17, 15) is 4.79 Å². The van der Waals surface area contributed by atoms with Crippen LogP contribution in [0.4, 0.5) is 0 Å². The second-order valence-electron chi connectivity index (χ2n) is 6.24. The van der Waals surface area contributed by atoms with E-state index in [1.165, 1.54) is 5.56 Å². The Bertz CT molecular complexity index is 1050. The second kappa shape index (κ2) is 6.40. The fraction of sp³-hybridized carbons (Fsp3) is 0.143. The normalized spacial score (nSPS) is 11.1. The molecule has 0 atom stereocenters. The number of benzene rings is 2. The molecule has 0 saturated carbocycles. The highest BCUT2D eigenvalue weighted by atomic mass is 16.1. The van der Waals surface area contributed by atoms with Gasteiger partial charge in [-0.2, -0.15) is 0 Å². The van der Waals surface area contributed by atoms with Crippen LogP contribution in [0.15, 0.2) is 60.7 Å². The van der Waals surface area contributed by atoms with Gasteiger partial charge in [0, 0.05) is 23.0 Å². The van der Waals surface area contributed by atoms with Crippen molar-refractivity contribution in [3.8, 4) is 0 Å². The van der Waals surface area contributed by atoms with Crippen molar-refractivity contribution in [3.63, 3.8) is 0 Å². The van der Waals surface area contributed by atoms with Gasteiger partial charge in [-0.25, -0.2) is 4.98 Å². The summed E-state index contributed by atoms with van der Waals surface area (Å²) < 4.78 is 0. The summed E-state index contributed by atoms with van der Waals surface area (Å²) in [5, 5.41) is 5.02. The van der Waals surface area contributed by atoms with Crippen molar-refractivity contribution in [2.45, 2.75) is 13.3 Å². The lowest BCUT2D eigenvalue weighted by Gasteiger charge is -2.03. The van der Waals surface area contributed by atoms with E-state index in [0.717, 1.165) is 33.9 Å². The number of aromatic amines is 1. The molecule has 0 aliphatic heterocycles. The number of hydrogen-bond donors (Lipinski definition) is 2. The lowest BCUT2D eigenvalue weighted by atomic mass is 10.1. The van der Waals surface area contributed by atoms with Gasteiger partial charge in [0.2, 0.25) is 0 Å². The summed E-state index contributed by atoms with van der Waals surface area (Å²) in [6.45, 7) is 2.61. The standard InChI is InChI=1S/C21H19N3O/c1-14-7-8-16-9-10-17-13-18(24-20(17)19(16)23-14)21(25)22-12-11-15-5-3-2-4-6-15/h2-10,13,23H,11-12H2,1H3,(H,22,25). The number of carbonyl (C=O) groups is 1. The molecule has 1 amide bonds. The number of aryl methyl sites for hydroxylation is 1. The summed E-state index contributed by atoms with van der Waals surface area (Å²) in [4.78, 5) is 20.3. The van der Waals surface area contributed by atoms with Gasteiger partial charge >= 0.3 is 0 Å². The van der Waals surface area contributed by atoms with E-state index in [1.807, 2.05) is 49.4 Å². The molecule has 4 nitrogen and oxygen atoms in total. The van der Waals surface area contributed by atoms with Gasteiger partial charge in [0.15, 0.2) is 0 Å². The highest BCUT2D eigenvalue weighted by Crippen LogP contribution is 2.24. The molecule has 4 heteroatoms. The van der Waals surface area contributed by atoms with Crippen molar-refractivity contribution >= 4 is 27.7 Å². The summed E-state index contributed by atoms with van der Waals surface area (Å²) in [6, 6.07) is 20.1. The molecule has 0 saturated heterocycles. The van der Waals surface area contributed by atoms with Crippen molar-refractivity contribution < 1.29 is 4.79 Å². The maximum absolute atomic E-state index is 12.4. The summed E-state index contributed by atoms with van der Waals surface area (Å²) in [7, 11) is 0. The van der Waals surface area contributed by atoms with Crippen LogP contribution >= 0.6 is 0 Å². The van der Waals surface area contributed by atoms with E-state index in [1.54, 1.807) is 0 Å². The largest absolute Gasteiger partial charge is 0.357 e. The Morgan fingerprint density at radius 3 is 2.64 bits per heavy atom. The number of nitrogens with one attached hydrogen (secondary N) is 2. The predicted octanol–water partition coefficient (Wildman–Crippen LogP) is 4.00. The van der Waals surface area contributed by atoms with Gasteiger partial charge in [0.05, 0.1) is 11.0 Å². The molecule has 2 N–H and O–H groups in total. The topological polar surface area (TPSA) is 57.8 Å². The number of H-pyrrole nitrogens is 1. The van der Waals surface area contributed by atoms with Crippen molar-refractivity contribution in [1.29, 1.82) is 0 Å². The Morgan fingerprint density at radius 1 is 1.04 bits per heavy atom. The van der Waals surface area contributed by atoms with Crippen LogP contribution in [-0.2, 0) is 6.42 Å². The van der Waals surface area contributed by atoms with Gasteiger partial charge in [0.1, 0.15) is 5.69 Å². The molecule has 0 fully saturated rings. The lowest BCUT2D eigenvalue weighted by Crippen LogP contribution is -2.25. The van der Waals surface area contributed by atoms with Gasteiger partial charge in [-0.15, -0.1) is 0 Å². The number of carbonyl (C=O) groups excluding carboxylic acids is 1. The van der Waals surface area contributed by atoms with Gasteiger partial charge < -0.3 is 10.3 Å². The lowest BCUT2D eigenvalue weighted by molar-refractivity contribution is 0.0950. The van der Waals surface area contributed by atoms with Crippen LogP contribution in [0, 0.1) is 6.92 Å². The first kappa shape index (κ1) is 15.4. The SMILES string of the molecule is Cc1ccc2ccc3cc(C(=O)NCCc4ccccc4)nc3c2[nH]1. The van der Waals surface area contributed by atoms with Crippen LogP contribution < -0.4 is 5.32 Å². The minimum Gasteiger partial charge on any atom is -0.357 e. The second-order valence-corrected chi connectivity index (χ2v) is 6.24. The highest BCUT2D eigenvalue weighted by Gasteiger charge is 2.12. The average molecular weight is 329 g/mol. The molecule has 0 spiro atoms. The Morgan fingerprint density at radius 2 is 1.80 bits per heavy atom. The molecule has 2 aromatic heterocycles. The minimum absolute atomic E-state index is 0.132. The highest BCUT2D eigenvalue weighted by molar-refractivity contribution is 6.07. The monoisotopic (exact) mass is 329 g/mol. The van der Waals surface area contributed by atoms with Crippen molar-refractivity contribution in [2.75, 3.05) is 6.54 Å². The first-order valence-electron chi connectivity index (χ1n) is 8.42. The molecule has 124 valence electrons. The quantitative estimate of drug-likeness (QED) is 0.594. The third kappa shape index (κ3) is 3.11. The van der Waals surface area contributed by atoms with Crippen LogP contribution in [0.2, 0.25) is 0 Å². The summed E-state index contributed by atoms with van der Waals surface area (Å²) in [5.74, 6) is -0.132. The maximum Gasteiger partial charge on any atom is 0.269 e. The Hall–Kier alpha value is -3.14. The van der Waals surface area contributed by atoms with E-state index in [-0.39, 0.29) is 5.91 Å². The third-order valence-electron chi connectivity index (χ3n) is 4.38. The van der Waals surface area contributed by atoms with Crippen LogP contribution in [0.1, 0.15) is 21.7 Å². The van der Waals surface area contributed by atoms with Gasteiger partial charge in [-0.1, -0.05) is 48.5 Å². The van der Waals surface area contributed by atoms with Crippen molar-refractivity contribution in [3.05, 3.63) is 77.6 Å². The van der Waals surface area contributed by atoms with Crippen LogP contribution in [0.5, 0.6) is 0 Å². The number of rotatable bonds is 4. The van der Waals surface area contributed by atoms with Crippen LogP contribution in [-0.4, -0.2) is 22.4 Å². The molecule has 4 aromatic rings. The molecule has 0 bridgehead atoms. The number of pyridine rings is 1. The van der Waals surface area contributed by atoms with Crippen molar-refractivity contribution in [1.82, 2.24) is 15.3 Å². The molecule has 0 unspecified atom stereocenters. The van der Waals surface area contributed by atoms with Gasteiger partial charge in [-0.05, 0) is 31.0 Å². The maximum atomic E-state index is 12.4. The molecule has 0 aliphatic carbocycles. The van der Waals surface area contributed by atoms with Gasteiger partial charge in [0.25, 0.3) is 5.91 Å². The number of fused-ring (bicyclic) bond motifs is 3. The molecule has 4 rings (SSSR count). The van der Waals surface area contributed by atoms with E-state index < -0.39 is 0 Å². The Balaban J connectivity index is 1.55. The molecular formula is C21H19N3O. The number of nitrogens with zero attached hydrogens (tertiary/aromatic N) is 1. The fourth-order valence-electron chi connectivity index (χ4n) is 3.06. The first-order valence-corrected chi connectivity index (χ1v) is 8.42. The smallest absolute Gasteiger partial charge is 0.269 e. The summed E-state index contributed by atoms with van der Waals surface area (Å²) in [5.41, 5.74) is 4.55. The molecular weight excluding hydrogens is 310 g/mol. The third-order valence-corrected chi connectivity index (χ3v) is 4.38. The zero-order valence-electron chi connectivity index (χ0n) is 14.0. The molecule has 2 aromatic carbocycles. The first-order chi connectivity index (χ1) is 12.2. The number of amides is 1. The number of aromatic nitrogens is 2. The average Bonchev–Trinajstić information content (AvgIpc) is 3.07. The van der Waals surface area contributed by atoms with E-state index in [2.05, 4.69) is 33.5 Å². The van der Waals surface area contributed by atoms with E-state index >= 15 is 0 Å². The van der Waals surface area contributed by atoms with Crippen molar-refractivity contribution in [2.24, 2.45) is 0 Å². The fourth-order valence-corrected chi connectivity index (χ4v) is 3.06. The zero-order valence-corrected chi connectivity index (χ0v) is 14.0. The molecule has 25 heavy (non-hydrogen) atoms.